The van der Waals surface area contributed by atoms with Gasteiger partial charge in [-0.2, -0.15) is 11.8 Å². The molecule has 0 bridgehead atoms. The summed E-state index contributed by atoms with van der Waals surface area (Å²) in [6.07, 6.45) is 2.86. The molecule has 1 aromatic rings. The van der Waals surface area contributed by atoms with Crippen LogP contribution in [0.3, 0.4) is 0 Å². The SMILES string of the molecule is CSCCCNS(=O)(=O)c1ccc(Br)s1. The van der Waals surface area contributed by atoms with E-state index < -0.39 is 10.0 Å². The second-order valence-electron chi connectivity index (χ2n) is 2.80. The van der Waals surface area contributed by atoms with Gasteiger partial charge in [0, 0.05) is 6.54 Å². The Hall–Kier alpha value is 0.440. The lowest BCUT2D eigenvalue weighted by Crippen LogP contribution is -2.24. The van der Waals surface area contributed by atoms with E-state index in [1.807, 2.05) is 6.26 Å². The standard InChI is InChI=1S/C8H12BrNO2S3/c1-13-6-2-5-10-15(11,12)8-4-3-7(9)14-8/h3-4,10H,2,5-6H2,1H3. The lowest BCUT2D eigenvalue weighted by molar-refractivity contribution is 0.583. The van der Waals surface area contributed by atoms with E-state index in [1.54, 1.807) is 23.9 Å². The third kappa shape index (κ3) is 4.44. The number of hydrogen-bond donors (Lipinski definition) is 1. The van der Waals surface area contributed by atoms with E-state index in [1.165, 1.54) is 11.3 Å². The predicted octanol–water partition coefficient (Wildman–Crippen LogP) is 2.54. The highest BCUT2D eigenvalue weighted by Crippen LogP contribution is 2.25. The Bertz CT molecular complexity index is 402. The van der Waals surface area contributed by atoms with Crippen molar-refractivity contribution in [3.05, 3.63) is 15.9 Å². The van der Waals surface area contributed by atoms with Crippen LogP contribution in [0.4, 0.5) is 0 Å². The monoisotopic (exact) mass is 329 g/mol. The molecule has 0 radical (unpaired) electrons. The zero-order valence-corrected chi connectivity index (χ0v) is 12.2. The van der Waals surface area contributed by atoms with Crippen molar-refractivity contribution in [1.29, 1.82) is 0 Å². The van der Waals surface area contributed by atoms with E-state index >= 15 is 0 Å². The first kappa shape index (κ1) is 13.5. The van der Waals surface area contributed by atoms with Crippen molar-refractivity contribution in [3.63, 3.8) is 0 Å². The summed E-state index contributed by atoms with van der Waals surface area (Å²) in [6.45, 7) is 0.499. The van der Waals surface area contributed by atoms with Crippen molar-refractivity contribution >= 4 is 49.1 Å². The van der Waals surface area contributed by atoms with Gasteiger partial charge in [-0.05, 0) is 46.5 Å². The quantitative estimate of drug-likeness (QED) is 0.816. The van der Waals surface area contributed by atoms with Gasteiger partial charge < -0.3 is 0 Å². The van der Waals surface area contributed by atoms with Gasteiger partial charge >= 0.3 is 0 Å². The van der Waals surface area contributed by atoms with Crippen molar-refractivity contribution in [2.45, 2.75) is 10.6 Å². The molecule has 7 heteroatoms. The second-order valence-corrected chi connectivity index (χ2v) is 8.25. The maximum Gasteiger partial charge on any atom is 0.250 e. The van der Waals surface area contributed by atoms with E-state index in [-0.39, 0.29) is 0 Å². The number of hydrogen-bond acceptors (Lipinski definition) is 4. The van der Waals surface area contributed by atoms with Crippen LogP contribution in [0.1, 0.15) is 6.42 Å². The van der Waals surface area contributed by atoms with Crippen LogP contribution >= 0.6 is 39.0 Å². The highest BCUT2D eigenvalue weighted by Gasteiger charge is 2.15. The summed E-state index contributed by atoms with van der Waals surface area (Å²) in [5.74, 6) is 0.969. The lowest BCUT2D eigenvalue weighted by Gasteiger charge is -2.03. The number of thiophene rings is 1. The fraction of sp³-hybridized carbons (Fsp3) is 0.500. The molecule has 0 unspecified atom stereocenters. The van der Waals surface area contributed by atoms with Crippen LogP contribution in [0.15, 0.2) is 20.1 Å². The van der Waals surface area contributed by atoms with Gasteiger partial charge in [0.25, 0.3) is 0 Å². The molecule has 3 nitrogen and oxygen atoms in total. The molecule has 0 saturated heterocycles. The molecular formula is C8H12BrNO2S3. The van der Waals surface area contributed by atoms with Gasteiger partial charge in [-0.25, -0.2) is 13.1 Å². The second kappa shape index (κ2) is 6.24. The maximum absolute atomic E-state index is 11.7. The summed E-state index contributed by atoms with van der Waals surface area (Å²) in [5, 5.41) is 0. The molecule has 0 atom stereocenters. The normalized spacial score (nSPS) is 11.9. The van der Waals surface area contributed by atoms with Crippen LogP contribution in [0.2, 0.25) is 0 Å². The van der Waals surface area contributed by atoms with Crippen molar-refractivity contribution in [2.24, 2.45) is 0 Å². The third-order valence-corrected chi connectivity index (χ3v) is 5.90. The van der Waals surface area contributed by atoms with E-state index in [0.29, 0.717) is 10.8 Å². The molecule has 0 saturated carbocycles. The molecule has 1 rings (SSSR count). The van der Waals surface area contributed by atoms with E-state index in [9.17, 15) is 8.42 Å². The van der Waals surface area contributed by atoms with Gasteiger partial charge in [0.1, 0.15) is 4.21 Å². The van der Waals surface area contributed by atoms with Crippen LogP contribution < -0.4 is 4.72 Å². The smallest absolute Gasteiger partial charge is 0.210 e. The molecule has 0 spiro atoms. The maximum atomic E-state index is 11.7. The molecule has 0 aromatic carbocycles. The van der Waals surface area contributed by atoms with Crippen LogP contribution in [0, 0.1) is 0 Å². The Morgan fingerprint density at radius 2 is 2.27 bits per heavy atom. The number of nitrogens with one attached hydrogen (secondary N) is 1. The summed E-state index contributed by atoms with van der Waals surface area (Å²) in [4.78, 5) is 0. The molecule has 0 amide bonds. The predicted molar refractivity (Wildman–Crippen MR) is 70.2 cm³/mol. The van der Waals surface area contributed by atoms with Crippen LogP contribution in [0.25, 0.3) is 0 Å². The first-order valence-corrected chi connectivity index (χ1v) is 8.79. The fourth-order valence-corrected chi connectivity index (χ4v) is 4.50. The molecule has 1 aromatic heterocycles. The number of halogens is 1. The minimum absolute atomic E-state index is 0.360. The number of thioether (sulfide) groups is 1. The van der Waals surface area contributed by atoms with Gasteiger partial charge in [0.15, 0.2) is 0 Å². The average molecular weight is 330 g/mol. The highest BCUT2D eigenvalue weighted by atomic mass is 79.9. The molecule has 15 heavy (non-hydrogen) atoms. The molecule has 0 aliphatic carbocycles. The van der Waals surface area contributed by atoms with Gasteiger partial charge in [0.05, 0.1) is 3.79 Å². The number of sulfonamides is 1. The molecular weight excluding hydrogens is 318 g/mol. The number of rotatable bonds is 6. The Morgan fingerprint density at radius 3 is 2.80 bits per heavy atom. The Balaban J connectivity index is 2.53. The minimum atomic E-state index is -3.29. The summed E-state index contributed by atoms with van der Waals surface area (Å²) in [6, 6.07) is 3.34. The van der Waals surface area contributed by atoms with Crippen LogP contribution in [-0.2, 0) is 10.0 Å². The summed E-state index contributed by atoms with van der Waals surface area (Å²) in [7, 11) is -3.29. The topological polar surface area (TPSA) is 46.2 Å². The highest BCUT2D eigenvalue weighted by molar-refractivity contribution is 9.11. The average Bonchev–Trinajstić information content (AvgIpc) is 2.60. The molecule has 86 valence electrons. The van der Waals surface area contributed by atoms with Crippen molar-refractivity contribution in [2.75, 3.05) is 18.6 Å². The summed E-state index contributed by atoms with van der Waals surface area (Å²) >= 11 is 6.17. The third-order valence-electron chi connectivity index (χ3n) is 1.63. The van der Waals surface area contributed by atoms with Crippen LogP contribution in [0.5, 0.6) is 0 Å². The molecule has 0 fully saturated rings. The Kier molecular flexibility index (Phi) is 5.62. The van der Waals surface area contributed by atoms with Gasteiger partial charge in [-0.1, -0.05) is 0 Å². The van der Waals surface area contributed by atoms with Gasteiger partial charge in [0.2, 0.25) is 10.0 Å². The van der Waals surface area contributed by atoms with Crippen molar-refractivity contribution < 1.29 is 8.42 Å². The van der Waals surface area contributed by atoms with Crippen molar-refractivity contribution in [3.8, 4) is 0 Å². The summed E-state index contributed by atoms with van der Waals surface area (Å²) < 4.78 is 27.1. The van der Waals surface area contributed by atoms with E-state index in [0.717, 1.165) is 16.0 Å². The van der Waals surface area contributed by atoms with Gasteiger partial charge in [-0.15, -0.1) is 11.3 Å². The Morgan fingerprint density at radius 1 is 1.53 bits per heavy atom. The molecule has 0 aliphatic heterocycles. The Labute approximate surface area is 107 Å². The zero-order chi connectivity index (χ0) is 11.3. The largest absolute Gasteiger partial charge is 0.250 e. The molecule has 1 N–H and O–H groups in total. The first-order chi connectivity index (χ1) is 7.06. The fourth-order valence-electron chi connectivity index (χ4n) is 0.936. The van der Waals surface area contributed by atoms with Crippen molar-refractivity contribution in [1.82, 2.24) is 4.72 Å². The van der Waals surface area contributed by atoms with E-state index in [4.69, 9.17) is 0 Å². The zero-order valence-electron chi connectivity index (χ0n) is 8.20. The summed E-state index contributed by atoms with van der Waals surface area (Å²) in [5.41, 5.74) is 0. The molecule has 1 heterocycles. The first-order valence-electron chi connectivity index (χ1n) is 4.30. The van der Waals surface area contributed by atoms with Crippen LogP contribution in [-0.4, -0.2) is 27.0 Å². The minimum Gasteiger partial charge on any atom is -0.210 e. The van der Waals surface area contributed by atoms with Gasteiger partial charge in [-0.3, -0.25) is 0 Å². The molecule has 0 aliphatic rings. The van der Waals surface area contributed by atoms with E-state index in [2.05, 4.69) is 20.7 Å². The lowest BCUT2D eigenvalue weighted by atomic mass is 10.5.